The van der Waals surface area contributed by atoms with Crippen molar-refractivity contribution in [2.75, 3.05) is 32.8 Å². The van der Waals surface area contributed by atoms with Gasteiger partial charge in [-0.1, -0.05) is 48.0 Å². The van der Waals surface area contributed by atoms with E-state index in [9.17, 15) is 4.79 Å². The summed E-state index contributed by atoms with van der Waals surface area (Å²) in [5.41, 5.74) is 2.18. The Hall–Kier alpha value is -2.34. The van der Waals surface area contributed by atoms with Crippen molar-refractivity contribution in [2.45, 2.75) is 12.6 Å². The van der Waals surface area contributed by atoms with E-state index in [-0.39, 0.29) is 18.5 Å². The average Bonchev–Trinajstić information content (AvgIpc) is 3.11. The van der Waals surface area contributed by atoms with Gasteiger partial charge >= 0.3 is 0 Å². The van der Waals surface area contributed by atoms with Crippen molar-refractivity contribution in [1.29, 1.82) is 0 Å². The molecule has 28 heavy (non-hydrogen) atoms. The molecule has 1 aromatic heterocycles. The van der Waals surface area contributed by atoms with Crippen LogP contribution in [0.1, 0.15) is 11.6 Å². The summed E-state index contributed by atoms with van der Waals surface area (Å²) in [7, 11) is 0. The van der Waals surface area contributed by atoms with Gasteiger partial charge in [-0.25, -0.2) is 0 Å². The van der Waals surface area contributed by atoms with Crippen molar-refractivity contribution in [1.82, 2.24) is 14.8 Å². The molecule has 1 aliphatic heterocycles. The minimum atomic E-state index is -0.00772. The zero-order chi connectivity index (χ0) is 19.3. The van der Waals surface area contributed by atoms with Gasteiger partial charge in [0.25, 0.3) is 0 Å². The fourth-order valence-corrected chi connectivity index (χ4v) is 3.90. The third-order valence-corrected chi connectivity index (χ3v) is 5.45. The number of ether oxygens (including phenoxy) is 1. The van der Waals surface area contributed by atoms with E-state index in [0.29, 0.717) is 11.6 Å². The highest BCUT2D eigenvalue weighted by Gasteiger charge is 2.23. The normalized spacial score (nSPS) is 16.2. The van der Waals surface area contributed by atoms with Crippen LogP contribution < -0.4 is 5.32 Å². The highest BCUT2D eigenvalue weighted by Crippen LogP contribution is 2.22. The quantitative estimate of drug-likeness (QED) is 0.692. The zero-order valence-electron chi connectivity index (χ0n) is 15.7. The zero-order valence-corrected chi connectivity index (χ0v) is 16.4. The molecule has 4 rings (SSSR count). The lowest BCUT2D eigenvalue weighted by atomic mass is 10.0. The van der Waals surface area contributed by atoms with E-state index in [1.54, 1.807) is 0 Å². The number of aromatic nitrogens is 1. The molecule has 0 spiro atoms. The average molecular weight is 398 g/mol. The Kier molecular flexibility index (Phi) is 5.95. The number of carbonyl (C=O) groups excluding carboxylic acids is 1. The molecule has 0 saturated carbocycles. The molecule has 1 amide bonds. The molecular weight excluding hydrogens is 374 g/mol. The molecule has 146 valence electrons. The van der Waals surface area contributed by atoms with Crippen molar-refractivity contribution < 1.29 is 9.53 Å². The van der Waals surface area contributed by atoms with Crippen LogP contribution in [0, 0.1) is 0 Å². The number of rotatable bonds is 6. The minimum absolute atomic E-state index is 0.00772. The summed E-state index contributed by atoms with van der Waals surface area (Å²) in [5, 5.41) is 4.87. The molecule has 1 atom stereocenters. The molecule has 3 aromatic rings. The largest absolute Gasteiger partial charge is 0.379 e. The van der Waals surface area contributed by atoms with Crippen LogP contribution in [0.4, 0.5) is 0 Å². The maximum Gasteiger partial charge on any atom is 0.240 e. The van der Waals surface area contributed by atoms with Gasteiger partial charge in [0.1, 0.15) is 6.54 Å². The maximum atomic E-state index is 12.6. The number of morpholine rings is 1. The number of hydrogen-bond donors (Lipinski definition) is 1. The minimum Gasteiger partial charge on any atom is -0.379 e. The van der Waals surface area contributed by atoms with Gasteiger partial charge in [-0.3, -0.25) is 9.69 Å². The van der Waals surface area contributed by atoms with Gasteiger partial charge in [-0.15, -0.1) is 0 Å². The first-order chi connectivity index (χ1) is 13.7. The van der Waals surface area contributed by atoms with Crippen molar-refractivity contribution in [3.63, 3.8) is 0 Å². The van der Waals surface area contributed by atoms with Gasteiger partial charge < -0.3 is 14.6 Å². The summed E-state index contributed by atoms with van der Waals surface area (Å²) in [6.45, 7) is 4.05. The Morgan fingerprint density at radius 1 is 1.11 bits per heavy atom. The molecule has 0 aliphatic carbocycles. The summed E-state index contributed by atoms with van der Waals surface area (Å²) in [4.78, 5) is 15.0. The lowest BCUT2D eigenvalue weighted by molar-refractivity contribution is -0.122. The van der Waals surface area contributed by atoms with Crippen LogP contribution in [0.5, 0.6) is 0 Å². The van der Waals surface area contributed by atoms with E-state index in [2.05, 4.69) is 22.3 Å². The van der Waals surface area contributed by atoms with Crippen LogP contribution in [-0.4, -0.2) is 48.2 Å². The van der Waals surface area contributed by atoms with Crippen LogP contribution in [-0.2, 0) is 16.1 Å². The molecular formula is C22H24ClN3O2. The van der Waals surface area contributed by atoms with Crippen molar-refractivity contribution in [3.05, 3.63) is 71.4 Å². The Morgan fingerprint density at radius 2 is 1.89 bits per heavy atom. The standard InChI is InChI=1S/C22H24ClN3O2/c23-19-7-6-18-8-9-26(20(18)14-19)16-22(27)24-15-21(17-4-2-1-3-5-17)25-10-12-28-13-11-25/h1-9,14,21H,10-13,15-16H2,(H,24,27). The van der Waals surface area contributed by atoms with Crippen LogP contribution in [0.15, 0.2) is 60.8 Å². The summed E-state index contributed by atoms with van der Waals surface area (Å²) >= 11 is 6.11. The van der Waals surface area contributed by atoms with E-state index in [1.165, 1.54) is 5.56 Å². The third kappa shape index (κ3) is 4.38. The number of fused-ring (bicyclic) bond motifs is 1. The number of carbonyl (C=O) groups is 1. The van der Waals surface area contributed by atoms with Crippen LogP contribution >= 0.6 is 11.6 Å². The first-order valence-electron chi connectivity index (χ1n) is 9.58. The molecule has 2 heterocycles. The first-order valence-corrected chi connectivity index (χ1v) is 9.96. The van der Waals surface area contributed by atoms with E-state index in [1.807, 2.05) is 53.2 Å². The van der Waals surface area contributed by atoms with Crippen molar-refractivity contribution in [3.8, 4) is 0 Å². The lowest BCUT2D eigenvalue weighted by Crippen LogP contribution is -2.44. The molecule has 0 bridgehead atoms. The predicted molar refractivity (Wildman–Crippen MR) is 112 cm³/mol. The molecule has 2 aromatic carbocycles. The molecule has 1 fully saturated rings. The lowest BCUT2D eigenvalue weighted by Gasteiger charge is -2.35. The molecule has 0 radical (unpaired) electrons. The third-order valence-electron chi connectivity index (χ3n) is 5.21. The van der Waals surface area contributed by atoms with Gasteiger partial charge in [-0.2, -0.15) is 0 Å². The number of nitrogens with one attached hydrogen (secondary N) is 1. The second kappa shape index (κ2) is 8.78. The van der Waals surface area contributed by atoms with E-state index >= 15 is 0 Å². The Bertz CT molecular complexity index is 935. The number of benzene rings is 2. The van der Waals surface area contributed by atoms with Gasteiger partial charge in [0.15, 0.2) is 0 Å². The monoisotopic (exact) mass is 397 g/mol. The van der Waals surface area contributed by atoms with E-state index < -0.39 is 0 Å². The van der Waals surface area contributed by atoms with Gasteiger partial charge in [0.2, 0.25) is 5.91 Å². The Balaban J connectivity index is 1.44. The molecule has 1 aliphatic rings. The second-order valence-electron chi connectivity index (χ2n) is 7.03. The molecule has 6 heteroatoms. The van der Waals surface area contributed by atoms with Crippen molar-refractivity contribution >= 4 is 28.4 Å². The molecule has 1 N–H and O–H groups in total. The summed E-state index contributed by atoms with van der Waals surface area (Å²) in [5.74, 6) is -0.00772. The highest BCUT2D eigenvalue weighted by molar-refractivity contribution is 6.31. The summed E-state index contributed by atoms with van der Waals surface area (Å²) < 4.78 is 7.42. The van der Waals surface area contributed by atoms with Crippen LogP contribution in [0.25, 0.3) is 10.9 Å². The predicted octanol–water partition coefficient (Wildman–Crippen LogP) is 3.48. The fraction of sp³-hybridized carbons (Fsp3) is 0.318. The Labute approximate surface area is 169 Å². The second-order valence-corrected chi connectivity index (χ2v) is 7.46. The molecule has 1 unspecified atom stereocenters. The van der Waals surface area contributed by atoms with Crippen LogP contribution in [0.2, 0.25) is 5.02 Å². The number of hydrogen-bond acceptors (Lipinski definition) is 3. The number of nitrogens with zero attached hydrogens (tertiary/aromatic N) is 2. The van der Waals surface area contributed by atoms with Crippen molar-refractivity contribution in [2.24, 2.45) is 0 Å². The fourth-order valence-electron chi connectivity index (χ4n) is 3.74. The maximum absolute atomic E-state index is 12.6. The van der Waals surface area contributed by atoms with Crippen LogP contribution in [0.3, 0.4) is 0 Å². The van der Waals surface area contributed by atoms with E-state index in [0.717, 1.165) is 37.2 Å². The molecule has 1 saturated heterocycles. The number of halogens is 1. The molecule has 5 nitrogen and oxygen atoms in total. The first kappa shape index (κ1) is 19.0. The summed E-state index contributed by atoms with van der Waals surface area (Å²) in [6.07, 6.45) is 1.93. The van der Waals surface area contributed by atoms with Gasteiger partial charge in [0, 0.05) is 36.4 Å². The topological polar surface area (TPSA) is 46.5 Å². The van der Waals surface area contributed by atoms with E-state index in [4.69, 9.17) is 16.3 Å². The van der Waals surface area contributed by atoms with Gasteiger partial charge in [-0.05, 0) is 29.1 Å². The Morgan fingerprint density at radius 3 is 2.68 bits per heavy atom. The smallest absolute Gasteiger partial charge is 0.240 e. The van der Waals surface area contributed by atoms with Gasteiger partial charge in [0.05, 0.1) is 19.3 Å². The number of amides is 1. The SMILES string of the molecule is O=C(Cn1ccc2ccc(Cl)cc21)NCC(c1ccccc1)N1CCOCC1. The summed E-state index contributed by atoms with van der Waals surface area (Å²) in [6, 6.07) is 18.2. The highest BCUT2D eigenvalue weighted by atomic mass is 35.5.